The normalized spacial score (nSPS) is 10.5. The molecule has 0 aliphatic heterocycles. The molecule has 0 spiro atoms. The average molecular weight is 316 g/mol. The van der Waals surface area contributed by atoms with E-state index in [0.29, 0.717) is 0 Å². The van der Waals surface area contributed by atoms with Gasteiger partial charge < -0.3 is 4.74 Å². The maximum absolute atomic E-state index is 6.01. The minimum atomic E-state index is 0.785. The molecule has 1 heteroatoms. The summed E-state index contributed by atoms with van der Waals surface area (Å²) in [5.74, 6) is 0.973. The van der Waals surface area contributed by atoms with Gasteiger partial charge in [0.25, 0.3) is 0 Å². The van der Waals surface area contributed by atoms with Crippen molar-refractivity contribution in [2.24, 2.45) is 0 Å². The molecule has 0 saturated heterocycles. The van der Waals surface area contributed by atoms with Gasteiger partial charge in [-0.25, -0.2) is 0 Å². The van der Waals surface area contributed by atoms with Crippen LogP contribution in [0, 0.1) is 0 Å². The molecule has 122 valence electrons. The Morgan fingerprint density at radius 3 is 2.00 bits per heavy atom. The summed E-state index contributed by atoms with van der Waals surface area (Å²) in [7, 11) is 0. The molecular formula is C23H24O. The second kappa shape index (κ2) is 8.35. The van der Waals surface area contributed by atoms with Crippen LogP contribution >= 0.6 is 0 Å². The predicted octanol–water partition coefficient (Wildman–Crippen LogP) is 6.59. The van der Waals surface area contributed by atoms with Crippen molar-refractivity contribution in [1.82, 2.24) is 0 Å². The van der Waals surface area contributed by atoms with Gasteiger partial charge in [0, 0.05) is 5.56 Å². The third-order valence-corrected chi connectivity index (χ3v) is 4.20. The van der Waals surface area contributed by atoms with Crippen LogP contribution in [-0.2, 0) is 0 Å². The number of unbranched alkanes of at least 4 members (excludes halogenated alkanes) is 2. The first-order chi connectivity index (χ1) is 11.9. The summed E-state index contributed by atoms with van der Waals surface area (Å²) >= 11 is 0. The number of rotatable bonds is 7. The average Bonchev–Trinajstić information content (AvgIpc) is 2.66. The van der Waals surface area contributed by atoms with Crippen LogP contribution in [0.25, 0.3) is 22.3 Å². The second-order valence-electron chi connectivity index (χ2n) is 6.00. The van der Waals surface area contributed by atoms with Crippen molar-refractivity contribution in [3.8, 4) is 28.0 Å². The SMILES string of the molecule is CCCCCOc1ccccc1-c1ccc(-c2ccccc2)cc1. The molecule has 0 saturated carbocycles. The van der Waals surface area contributed by atoms with E-state index in [0.717, 1.165) is 24.3 Å². The van der Waals surface area contributed by atoms with E-state index in [4.69, 9.17) is 4.74 Å². The topological polar surface area (TPSA) is 9.23 Å². The van der Waals surface area contributed by atoms with E-state index in [-0.39, 0.29) is 0 Å². The van der Waals surface area contributed by atoms with Crippen LogP contribution in [0.15, 0.2) is 78.9 Å². The zero-order valence-corrected chi connectivity index (χ0v) is 14.2. The summed E-state index contributed by atoms with van der Waals surface area (Å²) in [4.78, 5) is 0. The summed E-state index contributed by atoms with van der Waals surface area (Å²) < 4.78 is 6.01. The largest absolute Gasteiger partial charge is 0.493 e. The fourth-order valence-electron chi connectivity index (χ4n) is 2.84. The highest BCUT2D eigenvalue weighted by Crippen LogP contribution is 2.31. The van der Waals surface area contributed by atoms with Gasteiger partial charge in [-0.3, -0.25) is 0 Å². The second-order valence-corrected chi connectivity index (χ2v) is 6.00. The Hall–Kier alpha value is -2.54. The number of hydrogen-bond acceptors (Lipinski definition) is 1. The lowest BCUT2D eigenvalue weighted by atomic mass is 10.00. The number of ether oxygens (including phenoxy) is 1. The van der Waals surface area contributed by atoms with Crippen molar-refractivity contribution in [2.45, 2.75) is 26.2 Å². The molecule has 0 fully saturated rings. The summed E-state index contributed by atoms with van der Waals surface area (Å²) in [6.45, 7) is 3.00. The van der Waals surface area contributed by atoms with Crippen LogP contribution in [0.1, 0.15) is 26.2 Å². The predicted molar refractivity (Wildman–Crippen MR) is 102 cm³/mol. The molecule has 3 aromatic rings. The van der Waals surface area contributed by atoms with Crippen LogP contribution in [0.4, 0.5) is 0 Å². The lowest BCUT2D eigenvalue weighted by Crippen LogP contribution is -1.98. The molecule has 3 aromatic carbocycles. The molecule has 3 rings (SSSR count). The fraction of sp³-hybridized carbons (Fsp3) is 0.217. The van der Waals surface area contributed by atoms with E-state index in [9.17, 15) is 0 Å². The Bertz CT molecular complexity index is 745. The van der Waals surface area contributed by atoms with Crippen LogP contribution in [0.5, 0.6) is 5.75 Å². The molecule has 0 heterocycles. The number of hydrogen-bond donors (Lipinski definition) is 0. The Morgan fingerprint density at radius 2 is 1.25 bits per heavy atom. The molecule has 0 N–H and O–H groups in total. The minimum absolute atomic E-state index is 0.785. The lowest BCUT2D eigenvalue weighted by molar-refractivity contribution is 0.307. The van der Waals surface area contributed by atoms with Gasteiger partial charge in [-0.15, -0.1) is 0 Å². The maximum Gasteiger partial charge on any atom is 0.127 e. The van der Waals surface area contributed by atoms with Gasteiger partial charge in [-0.05, 0) is 29.2 Å². The van der Waals surface area contributed by atoms with Crippen LogP contribution in [0.2, 0.25) is 0 Å². The summed E-state index contributed by atoms with van der Waals surface area (Å²) in [6, 6.07) is 27.5. The Morgan fingerprint density at radius 1 is 0.625 bits per heavy atom. The highest BCUT2D eigenvalue weighted by atomic mass is 16.5. The Labute approximate surface area is 144 Å². The summed E-state index contributed by atoms with van der Waals surface area (Å²) in [5.41, 5.74) is 4.84. The first-order valence-corrected chi connectivity index (χ1v) is 8.76. The quantitative estimate of drug-likeness (QED) is 0.447. The third kappa shape index (κ3) is 4.05. The van der Waals surface area contributed by atoms with E-state index in [1.807, 2.05) is 12.1 Å². The Kier molecular flexibility index (Phi) is 5.68. The first-order valence-electron chi connectivity index (χ1n) is 8.76. The van der Waals surface area contributed by atoms with Crippen LogP contribution in [0.3, 0.4) is 0 Å². The van der Waals surface area contributed by atoms with Gasteiger partial charge in [-0.1, -0.05) is 92.6 Å². The van der Waals surface area contributed by atoms with Crippen molar-refractivity contribution >= 4 is 0 Å². The van der Waals surface area contributed by atoms with Crippen molar-refractivity contribution in [2.75, 3.05) is 6.61 Å². The van der Waals surface area contributed by atoms with E-state index >= 15 is 0 Å². The summed E-state index contributed by atoms with van der Waals surface area (Å²) in [6.07, 6.45) is 3.54. The van der Waals surface area contributed by atoms with Gasteiger partial charge >= 0.3 is 0 Å². The van der Waals surface area contributed by atoms with Gasteiger partial charge in [0.1, 0.15) is 5.75 Å². The van der Waals surface area contributed by atoms with Gasteiger partial charge in [-0.2, -0.15) is 0 Å². The standard InChI is InChI=1S/C23H24O/c1-2-3-9-18-24-23-13-8-7-12-22(23)21-16-14-20(15-17-21)19-10-5-4-6-11-19/h4-8,10-17H,2-3,9,18H2,1H3. The molecular weight excluding hydrogens is 292 g/mol. The van der Waals surface area contributed by atoms with Crippen molar-refractivity contribution in [3.63, 3.8) is 0 Å². The molecule has 0 radical (unpaired) electrons. The van der Waals surface area contributed by atoms with E-state index < -0.39 is 0 Å². The maximum atomic E-state index is 6.01. The van der Waals surface area contributed by atoms with Crippen molar-refractivity contribution < 1.29 is 4.74 Å². The highest BCUT2D eigenvalue weighted by Gasteiger charge is 2.06. The van der Waals surface area contributed by atoms with Gasteiger partial charge in [0.15, 0.2) is 0 Å². The molecule has 0 amide bonds. The molecule has 0 aromatic heterocycles. The van der Waals surface area contributed by atoms with E-state index in [1.54, 1.807) is 0 Å². The molecule has 0 bridgehead atoms. The van der Waals surface area contributed by atoms with Gasteiger partial charge in [0.05, 0.1) is 6.61 Å². The lowest BCUT2D eigenvalue weighted by Gasteiger charge is -2.12. The van der Waals surface area contributed by atoms with E-state index in [1.165, 1.54) is 29.5 Å². The monoisotopic (exact) mass is 316 g/mol. The highest BCUT2D eigenvalue weighted by molar-refractivity contribution is 5.74. The molecule has 0 aliphatic carbocycles. The van der Waals surface area contributed by atoms with Crippen molar-refractivity contribution in [3.05, 3.63) is 78.9 Å². The summed E-state index contributed by atoms with van der Waals surface area (Å²) in [5, 5.41) is 0. The first kappa shape index (κ1) is 16.3. The van der Waals surface area contributed by atoms with Crippen molar-refractivity contribution in [1.29, 1.82) is 0 Å². The molecule has 24 heavy (non-hydrogen) atoms. The Balaban J connectivity index is 1.79. The third-order valence-electron chi connectivity index (χ3n) is 4.20. The molecule has 0 unspecified atom stereocenters. The zero-order valence-electron chi connectivity index (χ0n) is 14.2. The van der Waals surface area contributed by atoms with Gasteiger partial charge in [0.2, 0.25) is 0 Å². The van der Waals surface area contributed by atoms with E-state index in [2.05, 4.69) is 73.7 Å². The fourth-order valence-corrected chi connectivity index (χ4v) is 2.84. The van der Waals surface area contributed by atoms with Crippen LogP contribution < -0.4 is 4.74 Å². The number of benzene rings is 3. The number of para-hydroxylation sites is 1. The zero-order chi connectivity index (χ0) is 16.6. The minimum Gasteiger partial charge on any atom is -0.493 e. The molecule has 0 aliphatic rings. The molecule has 1 nitrogen and oxygen atoms in total. The van der Waals surface area contributed by atoms with Crippen LogP contribution in [-0.4, -0.2) is 6.61 Å². The molecule has 0 atom stereocenters. The smallest absolute Gasteiger partial charge is 0.127 e.